The van der Waals surface area contributed by atoms with E-state index in [4.69, 9.17) is 11.6 Å². The molecule has 0 nitrogen and oxygen atoms in total. The van der Waals surface area contributed by atoms with E-state index in [1.54, 1.807) is 0 Å². The summed E-state index contributed by atoms with van der Waals surface area (Å²) in [6.07, 6.45) is 0. The summed E-state index contributed by atoms with van der Waals surface area (Å²) in [5.41, 5.74) is -0.973. The average molecular weight is 261 g/mol. The molecule has 0 heterocycles. The van der Waals surface area contributed by atoms with Crippen molar-refractivity contribution < 1.29 is 17.6 Å². The molecule has 2 aromatic rings. The summed E-state index contributed by atoms with van der Waals surface area (Å²) in [5, 5.41) is -0.259. The van der Waals surface area contributed by atoms with E-state index in [0.717, 1.165) is 0 Å². The normalized spacial score (nSPS) is 10.6. The molecular weight excluding hydrogens is 256 g/mol. The van der Waals surface area contributed by atoms with E-state index >= 15 is 0 Å². The fourth-order valence-electron chi connectivity index (χ4n) is 1.50. The Balaban J connectivity index is 2.73. The largest absolute Gasteiger partial charge is 0.207 e. The summed E-state index contributed by atoms with van der Waals surface area (Å²) >= 11 is 5.51. The van der Waals surface area contributed by atoms with Crippen molar-refractivity contribution >= 4 is 11.6 Å². The number of halogens is 5. The molecule has 2 rings (SSSR count). The molecule has 0 unspecified atom stereocenters. The minimum atomic E-state index is -1.18. The highest BCUT2D eigenvalue weighted by Gasteiger charge is 2.18. The van der Waals surface area contributed by atoms with Gasteiger partial charge in [0.2, 0.25) is 0 Å². The van der Waals surface area contributed by atoms with Gasteiger partial charge in [-0.3, -0.25) is 0 Å². The molecule has 2 aromatic carbocycles. The molecule has 0 saturated heterocycles. The smallest absolute Gasteiger partial charge is 0.149 e. The van der Waals surface area contributed by atoms with Crippen molar-refractivity contribution in [2.45, 2.75) is 0 Å². The van der Waals surface area contributed by atoms with Crippen molar-refractivity contribution in [3.8, 4) is 11.1 Å². The molecule has 17 heavy (non-hydrogen) atoms. The van der Waals surface area contributed by atoms with Gasteiger partial charge in [-0.2, -0.15) is 0 Å². The SMILES string of the molecule is Fc1cc(F)c(-c2cccc(Cl)c2F)c(F)c1. The first kappa shape index (κ1) is 11.9. The van der Waals surface area contributed by atoms with Gasteiger partial charge >= 0.3 is 0 Å². The van der Waals surface area contributed by atoms with Crippen LogP contribution in [0, 0.1) is 23.3 Å². The lowest BCUT2D eigenvalue weighted by Crippen LogP contribution is -1.95. The Morgan fingerprint density at radius 3 is 2.06 bits per heavy atom. The van der Waals surface area contributed by atoms with Gasteiger partial charge in [0.05, 0.1) is 10.6 Å². The summed E-state index contributed by atoms with van der Waals surface area (Å²) in [6, 6.07) is 4.74. The van der Waals surface area contributed by atoms with Crippen LogP contribution < -0.4 is 0 Å². The highest BCUT2D eigenvalue weighted by Crippen LogP contribution is 2.31. The van der Waals surface area contributed by atoms with E-state index in [-0.39, 0.29) is 10.6 Å². The van der Waals surface area contributed by atoms with Gasteiger partial charge in [0.15, 0.2) is 0 Å². The summed E-state index contributed by atoms with van der Waals surface area (Å²) < 4.78 is 53.1. The van der Waals surface area contributed by atoms with Gasteiger partial charge in [-0.15, -0.1) is 0 Å². The van der Waals surface area contributed by atoms with Crippen molar-refractivity contribution in [3.63, 3.8) is 0 Å². The van der Waals surface area contributed by atoms with Crippen LogP contribution in [0.3, 0.4) is 0 Å². The molecule has 5 heteroatoms. The Kier molecular flexibility index (Phi) is 3.07. The minimum absolute atomic E-state index is 0.259. The summed E-state index contributed by atoms with van der Waals surface area (Å²) in [5.74, 6) is -4.36. The van der Waals surface area contributed by atoms with E-state index in [1.165, 1.54) is 18.2 Å². The zero-order chi connectivity index (χ0) is 12.6. The molecule has 0 aliphatic rings. The van der Waals surface area contributed by atoms with Crippen molar-refractivity contribution in [1.29, 1.82) is 0 Å². The topological polar surface area (TPSA) is 0 Å². The highest BCUT2D eigenvalue weighted by molar-refractivity contribution is 6.31. The first-order valence-corrected chi connectivity index (χ1v) is 4.97. The van der Waals surface area contributed by atoms with Crippen molar-refractivity contribution in [2.24, 2.45) is 0 Å². The second-order valence-corrected chi connectivity index (χ2v) is 3.75. The van der Waals surface area contributed by atoms with Crippen LogP contribution in [0.25, 0.3) is 11.1 Å². The van der Waals surface area contributed by atoms with Crippen molar-refractivity contribution in [2.75, 3.05) is 0 Å². The lowest BCUT2D eigenvalue weighted by Gasteiger charge is -2.07. The number of rotatable bonds is 1. The van der Waals surface area contributed by atoms with Gasteiger partial charge in [-0.05, 0) is 6.07 Å². The zero-order valence-corrected chi connectivity index (χ0v) is 9.03. The second kappa shape index (κ2) is 4.37. The second-order valence-electron chi connectivity index (χ2n) is 3.35. The Morgan fingerprint density at radius 2 is 1.47 bits per heavy atom. The standard InChI is InChI=1S/C12H5ClF4/c13-8-3-1-2-7(12(8)17)11-9(15)4-6(14)5-10(11)16/h1-5H. The lowest BCUT2D eigenvalue weighted by atomic mass is 10.0. The van der Waals surface area contributed by atoms with Crippen LogP contribution in [0.4, 0.5) is 17.6 Å². The Hall–Kier alpha value is -1.55. The predicted molar refractivity (Wildman–Crippen MR) is 56.7 cm³/mol. The molecule has 0 atom stereocenters. The molecule has 0 spiro atoms. The van der Waals surface area contributed by atoms with Gasteiger partial charge in [-0.25, -0.2) is 17.6 Å². The molecule has 0 N–H and O–H groups in total. The maximum atomic E-state index is 13.6. The molecule has 0 fully saturated rings. The quantitative estimate of drug-likeness (QED) is 0.659. The monoisotopic (exact) mass is 260 g/mol. The molecular formula is C12H5ClF4. The Bertz CT molecular complexity index is 558. The summed E-state index contributed by atoms with van der Waals surface area (Å²) in [6.45, 7) is 0. The van der Waals surface area contributed by atoms with Gasteiger partial charge < -0.3 is 0 Å². The van der Waals surface area contributed by atoms with Gasteiger partial charge in [0, 0.05) is 17.7 Å². The maximum Gasteiger partial charge on any atom is 0.149 e. The number of benzene rings is 2. The average Bonchev–Trinajstić information content (AvgIpc) is 2.23. The van der Waals surface area contributed by atoms with Gasteiger partial charge in [0.25, 0.3) is 0 Å². The molecule has 0 aromatic heterocycles. The third-order valence-electron chi connectivity index (χ3n) is 2.23. The number of hydrogen-bond acceptors (Lipinski definition) is 0. The van der Waals surface area contributed by atoms with Gasteiger partial charge in [0.1, 0.15) is 23.3 Å². The first-order chi connectivity index (χ1) is 8.00. The fraction of sp³-hybridized carbons (Fsp3) is 0. The molecule has 0 aliphatic heterocycles. The van der Waals surface area contributed by atoms with Crippen LogP contribution in [0.2, 0.25) is 5.02 Å². The van der Waals surface area contributed by atoms with E-state index in [1.807, 2.05) is 0 Å². The summed E-state index contributed by atoms with van der Waals surface area (Å²) in [4.78, 5) is 0. The van der Waals surface area contributed by atoms with E-state index in [2.05, 4.69) is 0 Å². The third kappa shape index (κ3) is 2.13. The Morgan fingerprint density at radius 1 is 0.882 bits per heavy atom. The lowest BCUT2D eigenvalue weighted by molar-refractivity contribution is 0.545. The minimum Gasteiger partial charge on any atom is -0.207 e. The molecule has 0 saturated carbocycles. The molecule has 0 radical (unpaired) electrons. The fourth-order valence-corrected chi connectivity index (χ4v) is 1.67. The van der Waals surface area contributed by atoms with Crippen LogP contribution in [-0.2, 0) is 0 Å². The summed E-state index contributed by atoms with van der Waals surface area (Å²) in [7, 11) is 0. The zero-order valence-electron chi connectivity index (χ0n) is 8.28. The van der Waals surface area contributed by atoms with Gasteiger partial charge in [-0.1, -0.05) is 23.7 Å². The van der Waals surface area contributed by atoms with Crippen molar-refractivity contribution in [1.82, 2.24) is 0 Å². The van der Waals surface area contributed by atoms with Crippen LogP contribution in [-0.4, -0.2) is 0 Å². The Labute approximate surface area is 99.5 Å². The highest BCUT2D eigenvalue weighted by atomic mass is 35.5. The van der Waals surface area contributed by atoms with Crippen LogP contribution >= 0.6 is 11.6 Å². The molecule has 0 amide bonds. The molecule has 0 aliphatic carbocycles. The van der Waals surface area contributed by atoms with Crippen LogP contribution in [0.15, 0.2) is 30.3 Å². The van der Waals surface area contributed by atoms with Crippen LogP contribution in [0.5, 0.6) is 0 Å². The third-order valence-corrected chi connectivity index (χ3v) is 2.52. The predicted octanol–water partition coefficient (Wildman–Crippen LogP) is 4.56. The van der Waals surface area contributed by atoms with Crippen LogP contribution in [0.1, 0.15) is 0 Å². The first-order valence-electron chi connectivity index (χ1n) is 4.59. The maximum absolute atomic E-state index is 13.6. The molecule has 88 valence electrons. The van der Waals surface area contributed by atoms with E-state index in [0.29, 0.717) is 12.1 Å². The van der Waals surface area contributed by atoms with Crippen molar-refractivity contribution in [3.05, 3.63) is 58.6 Å². The number of hydrogen-bond donors (Lipinski definition) is 0. The molecule has 0 bridgehead atoms. The van der Waals surface area contributed by atoms with E-state index in [9.17, 15) is 17.6 Å². The van der Waals surface area contributed by atoms with E-state index < -0.39 is 28.8 Å².